The predicted octanol–water partition coefficient (Wildman–Crippen LogP) is 5.53. The van der Waals surface area contributed by atoms with Gasteiger partial charge >= 0.3 is 0 Å². The molecule has 11 heteroatoms. The van der Waals surface area contributed by atoms with E-state index in [2.05, 4.69) is 30.1 Å². The second-order valence-corrected chi connectivity index (χ2v) is 10.2. The third-order valence-corrected chi connectivity index (χ3v) is 7.46. The van der Waals surface area contributed by atoms with Crippen molar-refractivity contribution in [1.82, 2.24) is 40.0 Å². The SMILES string of the molecule is FC1(F)CCN(Cc2cncc(-c3cnc4[nH]nc(-c5nc6c(-c7cccs7)nccc6[nH]5)c4c3)c2)C1. The van der Waals surface area contributed by atoms with Gasteiger partial charge in [-0.2, -0.15) is 5.10 Å². The highest BCUT2D eigenvalue weighted by Gasteiger charge is 2.37. The molecule has 0 saturated carbocycles. The highest BCUT2D eigenvalue weighted by molar-refractivity contribution is 7.13. The third-order valence-electron chi connectivity index (χ3n) is 6.58. The molecule has 0 amide bonds. The van der Waals surface area contributed by atoms with E-state index in [0.29, 0.717) is 30.3 Å². The number of alkyl halides is 2. The first kappa shape index (κ1) is 22.1. The fourth-order valence-electron chi connectivity index (χ4n) is 4.81. The summed E-state index contributed by atoms with van der Waals surface area (Å²) >= 11 is 1.62. The minimum atomic E-state index is -2.62. The summed E-state index contributed by atoms with van der Waals surface area (Å²) in [6, 6.07) is 9.89. The molecule has 1 aliphatic rings. The van der Waals surface area contributed by atoms with Crippen molar-refractivity contribution >= 4 is 33.4 Å². The lowest BCUT2D eigenvalue weighted by molar-refractivity contribution is 0.0115. The van der Waals surface area contributed by atoms with Crippen LogP contribution >= 0.6 is 11.3 Å². The van der Waals surface area contributed by atoms with E-state index in [1.807, 2.05) is 35.7 Å². The number of thiophene rings is 1. The molecule has 37 heavy (non-hydrogen) atoms. The van der Waals surface area contributed by atoms with E-state index < -0.39 is 5.92 Å². The van der Waals surface area contributed by atoms with Crippen molar-refractivity contribution in [2.75, 3.05) is 13.1 Å². The van der Waals surface area contributed by atoms with E-state index in [4.69, 9.17) is 4.98 Å². The van der Waals surface area contributed by atoms with Crippen LogP contribution in [0.5, 0.6) is 0 Å². The summed E-state index contributed by atoms with van der Waals surface area (Å²) in [5.74, 6) is -2.00. The van der Waals surface area contributed by atoms with Gasteiger partial charge in [-0.15, -0.1) is 11.3 Å². The molecule has 0 atom stereocenters. The smallest absolute Gasteiger partial charge is 0.261 e. The Kier molecular flexibility index (Phi) is 5.08. The zero-order valence-corrected chi connectivity index (χ0v) is 20.3. The van der Waals surface area contributed by atoms with Crippen molar-refractivity contribution < 1.29 is 8.78 Å². The molecule has 0 aromatic carbocycles. The number of aromatic nitrogens is 7. The van der Waals surface area contributed by atoms with Gasteiger partial charge in [-0.25, -0.2) is 18.7 Å². The number of rotatable bonds is 5. The summed E-state index contributed by atoms with van der Waals surface area (Å²) in [6.45, 7) is 0.595. The van der Waals surface area contributed by atoms with Crippen LogP contribution in [-0.2, 0) is 6.54 Å². The zero-order chi connectivity index (χ0) is 25.0. The Bertz CT molecular complexity index is 1740. The Morgan fingerprint density at radius 2 is 1.97 bits per heavy atom. The van der Waals surface area contributed by atoms with Gasteiger partial charge in [0.15, 0.2) is 11.5 Å². The monoisotopic (exact) mass is 514 g/mol. The molecule has 0 unspecified atom stereocenters. The van der Waals surface area contributed by atoms with Crippen molar-refractivity contribution in [3.8, 4) is 33.2 Å². The summed E-state index contributed by atoms with van der Waals surface area (Å²) in [5.41, 5.74) is 6.37. The number of pyridine rings is 3. The van der Waals surface area contributed by atoms with E-state index >= 15 is 0 Å². The number of nitrogens with zero attached hydrogens (tertiary/aromatic N) is 6. The molecule has 0 bridgehead atoms. The first-order valence-corrected chi connectivity index (χ1v) is 12.7. The van der Waals surface area contributed by atoms with Gasteiger partial charge in [-0.05, 0) is 35.2 Å². The maximum Gasteiger partial charge on any atom is 0.261 e. The number of nitrogens with one attached hydrogen (secondary N) is 2. The molecule has 1 saturated heterocycles. The quantitative estimate of drug-likeness (QED) is 0.314. The van der Waals surface area contributed by atoms with E-state index in [0.717, 1.165) is 43.7 Å². The van der Waals surface area contributed by atoms with Gasteiger partial charge < -0.3 is 4.98 Å². The van der Waals surface area contributed by atoms with Crippen molar-refractivity contribution in [1.29, 1.82) is 0 Å². The molecule has 6 aromatic heterocycles. The van der Waals surface area contributed by atoms with E-state index in [1.165, 1.54) is 0 Å². The van der Waals surface area contributed by atoms with Crippen LogP contribution in [0.2, 0.25) is 0 Å². The lowest BCUT2D eigenvalue weighted by Crippen LogP contribution is -2.24. The Morgan fingerprint density at radius 3 is 2.81 bits per heavy atom. The summed E-state index contributed by atoms with van der Waals surface area (Å²) < 4.78 is 27.2. The molecule has 8 nitrogen and oxygen atoms in total. The van der Waals surface area contributed by atoms with Crippen molar-refractivity contribution in [3.63, 3.8) is 0 Å². The highest BCUT2D eigenvalue weighted by Crippen LogP contribution is 2.33. The lowest BCUT2D eigenvalue weighted by Gasteiger charge is -2.15. The van der Waals surface area contributed by atoms with Gasteiger partial charge in [-0.1, -0.05) is 6.07 Å². The van der Waals surface area contributed by atoms with E-state index in [9.17, 15) is 8.78 Å². The molecule has 7 rings (SSSR count). The maximum absolute atomic E-state index is 13.6. The van der Waals surface area contributed by atoms with E-state index in [-0.39, 0.29) is 13.0 Å². The third kappa shape index (κ3) is 4.05. The number of imidazole rings is 1. The standard InChI is InChI=1S/C26H20F2N8S/c27-26(28)4-6-36(14-26)13-15-8-16(11-29-10-15)17-9-18-21(34-35-24(18)31-12-17)25-32-19-3-5-30-23(22(19)33-25)20-2-1-7-37-20/h1-3,5,7-12H,4,6,13-14H2,(H,32,33)(H,31,34,35). The molecule has 0 aliphatic carbocycles. The molecule has 0 radical (unpaired) electrons. The van der Waals surface area contributed by atoms with Crippen LogP contribution in [0.4, 0.5) is 8.78 Å². The van der Waals surface area contributed by atoms with Crippen LogP contribution in [-0.4, -0.2) is 59.0 Å². The number of hydrogen-bond acceptors (Lipinski definition) is 7. The summed E-state index contributed by atoms with van der Waals surface area (Å²) in [7, 11) is 0. The molecule has 2 N–H and O–H groups in total. The summed E-state index contributed by atoms with van der Waals surface area (Å²) in [6.07, 6.45) is 6.90. The first-order valence-electron chi connectivity index (χ1n) is 11.8. The van der Waals surface area contributed by atoms with Crippen molar-refractivity contribution in [2.45, 2.75) is 18.9 Å². The molecular weight excluding hydrogens is 494 g/mol. The Hall–Kier alpha value is -4.09. The average Bonchev–Trinajstić information content (AvgIpc) is 3.69. The van der Waals surface area contributed by atoms with Crippen molar-refractivity contribution in [2.24, 2.45) is 0 Å². The molecule has 0 spiro atoms. The zero-order valence-electron chi connectivity index (χ0n) is 19.4. The van der Waals surface area contributed by atoms with Crippen LogP contribution < -0.4 is 0 Å². The predicted molar refractivity (Wildman–Crippen MR) is 138 cm³/mol. The number of fused-ring (bicyclic) bond motifs is 2. The van der Waals surface area contributed by atoms with Gasteiger partial charge in [0.25, 0.3) is 5.92 Å². The Balaban J connectivity index is 1.24. The molecular formula is C26H20F2N8S. The minimum absolute atomic E-state index is 0.101. The molecule has 1 aliphatic heterocycles. The number of likely N-dealkylation sites (tertiary alicyclic amines) is 1. The molecule has 6 aromatic rings. The Labute approximate surface area is 213 Å². The summed E-state index contributed by atoms with van der Waals surface area (Å²) in [4.78, 5) is 24.5. The van der Waals surface area contributed by atoms with Crippen LogP contribution in [0, 0.1) is 0 Å². The fraction of sp³-hybridized carbons (Fsp3) is 0.192. The van der Waals surface area contributed by atoms with Gasteiger partial charge in [0.1, 0.15) is 16.9 Å². The largest absolute Gasteiger partial charge is 0.336 e. The van der Waals surface area contributed by atoms with Gasteiger partial charge in [-0.3, -0.25) is 20.0 Å². The number of H-pyrrole nitrogens is 2. The topological polar surface area (TPSA) is 99.3 Å². The summed E-state index contributed by atoms with van der Waals surface area (Å²) in [5, 5.41) is 10.3. The van der Waals surface area contributed by atoms with Crippen LogP contribution in [0.3, 0.4) is 0 Å². The van der Waals surface area contributed by atoms with Gasteiger partial charge in [0.05, 0.1) is 22.3 Å². The number of aromatic amines is 2. The average molecular weight is 515 g/mol. The van der Waals surface area contributed by atoms with Gasteiger partial charge in [0, 0.05) is 55.4 Å². The minimum Gasteiger partial charge on any atom is -0.336 e. The van der Waals surface area contributed by atoms with E-state index in [1.54, 1.807) is 41.0 Å². The van der Waals surface area contributed by atoms with Crippen molar-refractivity contribution in [3.05, 3.63) is 66.1 Å². The molecule has 1 fully saturated rings. The first-order chi connectivity index (χ1) is 18.0. The van der Waals surface area contributed by atoms with Crippen LogP contribution in [0.15, 0.2) is 60.5 Å². The van der Waals surface area contributed by atoms with Gasteiger partial charge in [0.2, 0.25) is 0 Å². The number of hydrogen-bond donors (Lipinski definition) is 2. The fourth-order valence-corrected chi connectivity index (χ4v) is 5.54. The lowest BCUT2D eigenvalue weighted by atomic mass is 10.1. The maximum atomic E-state index is 13.6. The highest BCUT2D eigenvalue weighted by atomic mass is 32.1. The molecule has 184 valence electrons. The van der Waals surface area contributed by atoms with Crippen LogP contribution in [0.1, 0.15) is 12.0 Å². The number of halogens is 2. The molecule has 7 heterocycles. The normalized spacial score (nSPS) is 15.7. The second-order valence-electron chi connectivity index (χ2n) is 9.21. The van der Waals surface area contributed by atoms with Crippen LogP contribution in [0.25, 0.3) is 55.3 Å². The second kappa shape index (κ2) is 8.49. The Morgan fingerprint density at radius 1 is 1.05 bits per heavy atom.